The van der Waals surface area contributed by atoms with Crippen molar-refractivity contribution in [3.8, 4) is 11.5 Å². The zero-order valence-corrected chi connectivity index (χ0v) is 28.2. The van der Waals surface area contributed by atoms with Crippen LogP contribution in [0.25, 0.3) is 0 Å². The maximum Gasteiger partial charge on any atom is 0.352 e. The third-order valence-electron chi connectivity index (χ3n) is 9.62. The first kappa shape index (κ1) is 33.5. The zero-order chi connectivity index (χ0) is 34.1. The van der Waals surface area contributed by atoms with E-state index in [0.29, 0.717) is 30.2 Å². The first-order valence-corrected chi connectivity index (χ1v) is 16.2. The zero-order valence-electron chi connectivity index (χ0n) is 28.2. The minimum absolute atomic E-state index is 0.0244. The summed E-state index contributed by atoms with van der Waals surface area (Å²) in [7, 11) is 5.26. The topological polar surface area (TPSA) is 108 Å². The normalized spacial score (nSPS) is 21.8. The lowest BCUT2D eigenvalue weighted by molar-refractivity contribution is -0.151. The minimum atomic E-state index is -1.20. The van der Waals surface area contributed by atoms with Gasteiger partial charge in [0.05, 0.1) is 26.9 Å². The van der Waals surface area contributed by atoms with Crippen LogP contribution in [0.5, 0.6) is 11.5 Å². The third-order valence-corrected chi connectivity index (χ3v) is 9.62. The monoisotopic (exact) mass is 656 g/mol. The Morgan fingerprint density at radius 2 is 1.40 bits per heavy atom. The van der Waals surface area contributed by atoms with Gasteiger partial charge < -0.3 is 34.0 Å². The molecule has 1 N–H and O–H groups in total. The van der Waals surface area contributed by atoms with E-state index in [0.717, 1.165) is 29.8 Å². The Kier molecular flexibility index (Phi) is 9.48. The molecular weight excluding hydrogens is 612 g/mol. The van der Waals surface area contributed by atoms with E-state index in [1.807, 2.05) is 85.9 Å². The Hall–Kier alpha value is -4.42. The van der Waals surface area contributed by atoms with Gasteiger partial charge in [-0.15, -0.1) is 0 Å². The number of ether oxygens (including phenoxy) is 4. The second-order valence-corrected chi connectivity index (χ2v) is 12.8. The smallest absolute Gasteiger partial charge is 0.352 e. The quantitative estimate of drug-likeness (QED) is 0.258. The molecule has 0 saturated carbocycles. The SMILES string of the molecule is COc1ccc(C(OC[C@@]2(C)O[C@@H](n3cc(C)c(=O)n(N4CCN(C)CC4)c3=O)CC2O)(c2ccccc2)c2ccc(OC)cc2)cc1. The highest BCUT2D eigenvalue weighted by Crippen LogP contribution is 2.44. The third kappa shape index (κ3) is 6.14. The lowest BCUT2D eigenvalue weighted by atomic mass is 9.79. The van der Waals surface area contributed by atoms with Gasteiger partial charge >= 0.3 is 5.69 Å². The van der Waals surface area contributed by atoms with Gasteiger partial charge in [-0.1, -0.05) is 54.6 Å². The molecule has 2 fully saturated rings. The molecule has 254 valence electrons. The molecule has 3 heterocycles. The van der Waals surface area contributed by atoms with Crippen molar-refractivity contribution in [3.63, 3.8) is 0 Å². The molecule has 11 nitrogen and oxygen atoms in total. The molecule has 2 saturated heterocycles. The highest BCUT2D eigenvalue weighted by Gasteiger charge is 2.49. The Morgan fingerprint density at radius 1 is 0.854 bits per heavy atom. The summed E-state index contributed by atoms with van der Waals surface area (Å²) < 4.78 is 27.2. The van der Waals surface area contributed by atoms with Crippen LogP contribution in [0.1, 0.15) is 41.8 Å². The number of aliphatic hydroxyl groups is 1. The van der Waals surface area contributed by atoms with Crippen molar-refractivity contribution in [2.24, 2.45) is 0 Å². The Bertz CT molecular complexity index is 1770. The standard InChI is InChI=1S/C37H44N4O7/c1-26-24-40(35(44)41(34(26)43)39-21-19-38(3)20-22-39)33-23-32(42)36(2,48-33)25-47-37(27-9-7-6-8-10-27,28-11-15-30(45-4)16-12-28)29-13-17-31(46-5)18-14-29/h6-18,24,32-33,42H,19-23,25H2,1-5H3/t32?,33-,36-/m1/s1. The molecular formula is C37H44N4O7. The number of rotatable bonds is 10. The number of nitrogens with zero attached hydrogens (tertiary/aromatic N) is 4. The molecule has 2 aliphatic heterocycles. The van der Waals surface area contributed by atoms with E-state index in [2.05, 4.69) is 4.90 Å². The van der Waals surface area contributed by atoms with Gasteiger partial charge in [0.25, 0.3) is 5.56 Å². The summed E-state index contributed by atoms with van der Waals surface area (Å²) in [6.07, 6.45) is -0.112. The van der Waals surface area contributed by atoms with Crippen LogP contribution in [0.2, 0.25) is 0 Å². The van der Waals surface area contributed by atoms with Gasteiger partial charge in [0.2, 0.25) is 0 Å². The predicted molar refractivity (Wildman–Crippen MR) is 183 cm³/mol. The summed E-state index contributed by atoms with van der Waals surface area (Å²) >= 11 is 0. The first-order chi connectivity index (χ1) is 23.1. The lowest BCUT2D eigenvalue weighted by Crippen LogP contribution is -2.59. The number of likely N-dealkylation sites (N-methyl/N-ethyl adjacent to an activating group) is 1. The van der Waals surface area contributed by atoms with Crippen LogP contribution >= 0.6 is 0 Å². The Balaban J connectivity index is 1.37. The maximum atomic E-state index is 13.9. The molecule has 0 aliphatic carbocycles. The lowest BCUT2D eigenvalue weighted by Gasteiger charge is -2.39. The van der Waals surface area contributed by atoms with Gasteiger partial charge in [0.1, 0.15) is 28.9 Å². The van der Waals surface area contributed by atoms with E-state index >= 15 is 0 Å². The molecule has 0 radical (unpaired) electrons. The van der Waals surface area contributed by atoms with Crippen molar-refractivity contribution in [2.75, 3.05) is 59.1 Å². The van der Waals surface area contributed by atoms with Gasteiger partial charge in [0.15, 0.2) is 0 Å². The van der Waals surface area contributed by atoms with Crippen molar-refractivity contribution in [2.45, 2.75) is 43.8 Å². The average molecular weight is 657 g/mol. The van der Waals surface area contributed by atoms with Crippen LogP contribution < -0.4 is 25.7 Å². The molecule has 3 atom stereocenters. The van der Waals surface area contributed by atoms with Crippen molar-refractivity contribution in [1.29, 1.82) is 0 Å². The van der Waals surface area contributed by atoms with Gasteiger partial charge in [0, 0.05) is 44.4 Å². The van der Waals surface area contributed by atoms with E-state index in [4.69, 9.17) is 18.9 Å². The van der Waals surface area contributed by atoms with E-state index in [1.54, 1.807) is 33.1 Å². The van der Waals surface area contributed by atoms with Crippen LogP contribution in [0.15, 0.2) is 94.6 Å². The minimum Gasteiger partial charge on any atom is -0.497 e. The number of aromatic nitrogens is 2. The molecule has 48 heavy (non-hydrogen) atoms. The molecule has 2 aliphatic rings. The molecule has 0 amide bonds. The van der Waals surface area contributed by atoms with Crippen LogP contribution in [0.3, 0.4) is 0 Å². The first-order valence-electron chi connectivity index (χ1n) is 16.2. The number of piperazine rings is 1. The van der Waals surface area contributed by atoms with Gasteiger partial charge in [-0.2, -0.15) is 4.68 Å². The molecule has 11 heteroatoms. The van der Waals surface area contributed by atoms with Crippen molar-refractivity contribution >= 4 is 0 Å². The summed E-state index contributed by atoms with van der Waals surface area (Å²) in [6, 6.07) is 25.3. The molecule has 1 aromatic heterocycles. The fourth-order valence-corrected chi connectivity index (χ4v) is 6.64. The number of hydrogen-bond donors (Lipinski definition) is 1. The fraction of sp³-hybridized carbons (Fsp3) is 0.405. The van der Waals surface area contributed by atoms with Gasteiger partial charge in [-0.05, 0) is 61.9 Å². The summed E-state index contributed by atoms with van der Waals surface area (Å²) in [4.78, 5) is 29.2. The largest absolute Gasteiger partial charge is 0.497 e. The van der Waals surface area contributed by atoms with Crippen molar-refractivity contribution < 1.29 is 24.1 Å². The van der Waals surface area contributed by atoms with Crippen molar-refractivity contribution in [1.82, 2.24) is 14.1 Å². The Morgan fingerprint density at radius 3 is 1.94 bits per heavy atom. The number of hydrogen-bond acceptors (Lipinski definition) is 9. The van der Waals surface area contributed by atoms with E-state index < -0.39 is 29.2 Å². The summed E-state index contributed by atoms with van der Waals surface area (Å²) in [5.41, 5.74) is -0.183. The van der Waals surface area contributed by atoms with Gasteiger partial charge in [-0.25, -0.2) is 4.79 Å². The molecule has 0 bridgehead atoms. The maximum absolute atomic E-state index is 13.9. The second-order valence-electron chi connectivity index (χ2n) is 12.8. The molecule has 6 rings (SSSR count). The molecule has 0 spiro atoms. The van der Waals surface area contributed by atoms with Crippen LogP contribution in [0.4, 0.5) is 0 Å². The van der Waals surface area contributed by atoms with Crippen molar-refractivity contribution in [3.05, 3.63) is 128 Å². The average Bonchev–Trinajstić information content (AvgIpc) is 3.41. The van der Waals surface area contributed by atoms with Crippen LogP contribution in [0, 0.1) is 6.92 Å². The van der Waals surface area contributed by atoms with Crippen LogP contribution in [-0.2, 0) is 15.1 Å². The number of methoxy groups -OCH3 is 2. The fourth-order valence-electron chi connectivity index (χ4n) is 6.64. The van der Waals surface area contributed by atoms with Crippen LogP contribution in [-0.4, -0.2) is 85.0 Å². The molecule has 3 aromatic carbocycles. The molecule has 4 aromatic rings. The summed E-state index contributed by atoms with van der Waals surface area (Å²) in [5, 5.41) is 13.3. The highest BCUT2D eigenvalue weighted by atomic mass is 16.6. The second kappa shape index (κ2) is 13.6. The highest BCUT2D eigenvalue weighted by molar-refractivity contribution is 5.49. The summed E-state index contributed by atoms with van der Waals surface area (Å²) in [6.45, 7) is 6.03. The van der Waals surface area contributed by atoms with E-state index in [-0.39, 0.29) is 18.6 Å². The van der Waals surface area contributed by atoms with E-state index in [1.165, 1.54) is 15.4 Å². The number of aryl methyl sites for hydroxylation is 1. The predicted octanol–water partition coefficient (Wildman–Crippen LogP) is 3.27. The number of benzene rings is 3. The Labute approximate surface area is 280 Å². The summed E-state index contributed by atoms with van der Waals surface area (Å²) in [5.74, 6) is 1.41. The van der Waals surface area contributed by atoms with E-state index in [9.17, 15) is 14.7 Å². The molecule has 1 unspecified atom stereocenters. The van der Waals surface area contributed by atoms with Gasteiger partial charge in [-0.3, -0.25) is 9.36 Å². The number of aliphatic hydroxyl groups excluding tert-OH is 1.